The molecular formula is C11H22O3. The number of unbranched alkanes of at least 4 members (excludes halogenated alkanes) is 1. The molecule has 0 radical (unpaired) electrons. The van der Waals surface area contributed by atoms with Crippen molar-refractivity contribution in [3.8, 4) is 0 Å². The molecule has 3 heteroatoms. The van der Waals surface area contributed by atoms with Gasteiger partial charge in [-0.25, -0.2) is 4.79 Å². The Balaban J connectivity index is 3.75. The number of hydrogen-bond donors (Lipinski definition) is 0. The van der Waals surface area contributed by atoms with Crippen LogP contribution in [0.2, 0.25) is 0 Å². The van der Waals surface area contributed by atoms with E-state index >= 15 is 0 Å². The van der Waals surface area contributed by atoms with E-state index in [1.807, 2.05) is 0 Å². The molecule has 3 nitrogen and oxygen atoms in total. The molecule has 14 heavy (non-hydrogen) atoms. The number of hydrogen-bond acceptors (Lipinski definition) is 3. The van der Waals surface area contributed by atoms with E-state index in [2.05, 4.69) is 13.8 Å². The maximum atomic E-state index is 11.1. The highest BCUT2D eigenvalue weighted by Crippen LogP contribution is 2.11. The van der Waals surface area contributed by atoms with E-state index in [9.17, 15) is 4.79 Å². The second kappa shape index (κ2) is 9.00. The largest absolute Gasteiger partial charge is 0.461 e. The van der Waals surface area contributed by atoms with Gasteiger partial charge in [-0.2, -0.15) is 0 Å². The van der Waals surface area contributed by atoms with Crippen LogP contribution < -0.4 is 0 Å². The second-order valence-corrected chi connectivity index (χ2v) is 3.48. The van der Waals surface area contributed by atoms with E-state index in [0.717, 1.165) is 32.1 Å². The third kappa shape index (κ3) is 6.89. The minimum atomic E-state index is -0.248. The summed E-state index contributed by atoms with van der Waals surface area (Å²) in [4.78, 5) is 11.1. The van der Waals surface area contributed by atoms with Crippen molar-refractivity contribution in [2.45, 2.75) is 52.1 Å². The number of methoxy groups -OCH3 is 1. The molecule has 0 fully saturated rings. The normalized spacial score (nSPS) is 12.5. The summed E-state index contributed by atoms with van der Waals surface area (Å²) < 4.78 is 9.98. The second-order valence-electron chi connectivity index (χ2n) is 3.48. The number of ether oxygens (including phenoxy) is 2. The minimum Gasteiger partial charge on any atom is -0.461 e. The maximum Gasteiger partial charge on any atom is 0.332 e. The number of esters is 1. The molecule has 0 aliphatic carbocycles. The zero-order valence-corrected chi connectivity index (χ0v) is 9.54. The highest BCUT2D eigenvalue weighted by atomic mass is 16.6. The van der Waals surface area contributed by atoms with Crippen molar-refractivity contribution >= 4 is 5.97 Å². The molecule has 0 heterocycles. The fourth-order valence-electron chi connectivity index (χ4n) is 1.35. The lowest BCUT2D eigenvalue weighted by Crippen LogP contribution is -2.21. The molecule has 0 amide bonds. The van der Waals surface area contributed by atoms with Crippen LogP contribution >= 0.6 is 0 Å². The fourth-order valence-corrected chi connectivity index (χ4v) is 1.35. The summed E-state index contributed by atoms with van der Waals surface area (Å²) in [7, 11) is 1.50. The van der Waals surface area contributed by atoms with Gasteiger partial charge >= 0.3 is 5.97 Å². The first-order valence-electron chi connectivity index (χ1n) is 5.43. The zero-order valence-electron chi connectivity index (χ0n) is 9.54. The summed E-state index contributed by atoms with van der Waals surface area (Å²) >= 11 is 0. The van der Waals surface area contributed by atoms with Gasteiger partial charge < -0.3 is 9.47 Å². The fraction of sp³-hybridized carbons (Fsp3) is 0.909. The van der Waals surface area contributed by atoms with Crippen LogP contribution in [0.4, 0.5) is 0 Å². The third-order valence-corrected chi connectivity index (χ3v) is 2.05. The Bertz CT molecular complexity index is 145. The van der Waals surface area contributed by atoms with Gasteiger partial charge in [-0.05, 0) is 12.8 Å². The smallest absolute Gasteiger partial charge is 0.332 e. The molecule has 0 aliphatic heterocycles. The Kier molecular flexibility index (Phi) is 8.64. The maximum absolute atomic E-state index is 11.1. The van der Waals surface area contributed by atoms with E-state index in [0.29, 0.717) is 0 Å². The predicted octanol–water partition coefficient (Wildman–Crippen LogP) is 2.53. The standard InChI is InChI=1S/C11H22O3/c1-4-6-8-10(7-5-2)14-11(12)9-13-3/h10H,4-9H2,1-3H3. The minimum absolute atomic E-state index is 0.0618. The van der Waals surface area contributed by atoms with Crippen LogP contribution in [0.1, 0.15) is 46.0 Å². The molecule has 1 unspecified atom stereocenters. The summed E-state index contributed by atoms with van der Waals surface area (Å²) in [6, 6.07) is 0. The summed E-state index contributed by atoms with van der Waals surface area (Å²) in [5, 5.41) is 0. The van der Waals surface area contributed by atoms with Crippen molar-refractivity contribution < 1.29 is 14.3 Å². The van der Waals surface area contributed by atoms with E-state index < -0.39 is 0 Å². The zero-order chi connectivity index (χ0) is 10.8. The monoisotopic (exact) mass is 202 g/mol. The quantitative estimate of drug-likeness (QED) is 0.567. The lowest BCUT2D eigenvalue weighted by Gasteiger charge is -2.16. The molecule has 0 saturated carbocycles. The van der Waals surface area contributed by atoms with Crippen molar-refractivity contribution in [1.29, 1.82) is 0 Å². The summed E-state index contributed by atoms with van der Waals surface area (Å²) in [5.41, 5.74) is 0. The van der Waals surface area contributed by atoms with Crippen molar-refractivity contribution in [1.82, 2.24) is 0 Å². The molecule has 0 aliphatic rings. The first-order valence-corrected chi connectivity index (χ1v) is 5.43. The molecule has 0 aromatic carbocycles. The molecule has 0 bridgehead atoms. The van der Waals surface area contributed by atoms with Gasteiger partial charge in [-0.1, -0.05) is 33.1 Å². The van der Waals surface area contributed by atoms with Gasteiger partial charge in [0, 0.05) is 7.11 Å². The molecule has 0 N–H and O–H groups in total. The van der Waals surface area contributed by atoms with E-state index in [1.165, 1.54) is 7.11 Å². The first kappa shape index (κ1) is 13.4. The van der Waals surface area contributed by atoms with Crippen molar-refractivity contribution in [3.05, 3.63) is 0 Å². The summed E-state index contributed by atoms with van der Waals surface area (Å²) in [6.45, 7) is 4.30. The van der Waals surface area contributed by atoms with Gasteiger partial charge in [0.15, 0.2) is 0 Å². The molecule has 0 saturated heterocycles. The van der Waals surface area contributed by atoms with Crippen LogP contribution in [0.5, 0.6) is 0 Å². The number of carbonyl (C=O) groups excluding carboxylic acids is 1. The van der Waals surface area contributed by atoms with Crippen LogP contribution in [0.25, 0.3) is 0 Å². The van der Waals surface area contributed by atoms with Gasteiger partial charge in [0.2, 0.25) is 0 Å². The van der Waals surface area contributed by atoms with Crippen LogP contribution in [-0.2, 0) is 14.3 Å². The Hall–Kier alpha value is -0.570. The van der Waals surface area contributed by atoms with Crippen LogP contribution in [-0.4, -0.2) is 25.8 Å². The molecular weight excluding hydrogens is 180 g/mol. The first-order chi connectivity index (χ1) is 6.74. The Morgan fingerprint density at radius 2 is 1.93 bits per heavy atom. The van der Waals surface area contributed by atoms with Crippen LogP contribution in [0, 0.1) is 0 Å². The molecule has 1 atom stereocenters. The van der Waals surface area contributed by atoms with Gasteiger partial charge in [0.1, 0.15) is 12.7 Å². The van der Waals surface area contributed by atoms with Gasteiger partial charge in [0.05, 0.1) is 0 Å². The van der Waals surface area contributed by atoms with Crippen molar-refractivity contribution in [2.24, 2.45) is 0 Å². The highest BCUT2D eigenvalue weighted by Gasteiger charge is 2.12. The molecule has 0 spiro atoms. The van der Waals surface area contributed by atoms with Gasteiger partial charge in [-0.15, -0.1) is 0 Å². The number of rotatable bonds is 8. The lowest BCUT2D eigenvalue weighted by atomic mass is 10.1. The van der Waals surface area contributed by atoms with E-state index in [1.54, 1.807) is 0 Å². The van der Waals surface area contributed by atoms with Crippen molar-refractivity contribution in [2.75, 3.05) is 13.7 Å². The molecule has 0 rings (SSSR count). The molecule has 0 aromatic rings. The Morgan fingerprint density at radius 3 is 2.43 bits per heavy atom. The number of carbonyl (C=O) groups is 1. The van der Waals surface area contributed by atoms with Crippen LogP contribution in [0.3, 0.4) is 0 Å². The molecule has 84 valence electrons. The van der Waals surface area contributed by atoms with Crippen molar-refractivity contribution in [3.63, 3.8) is 0 Å². The predicted molar refractivity (Wildman–Crippen MR) is 56.2 cm³/mol. The van der Waals surface area contributed by atoms with E-state index in [4.69, 9.17) is 9.47 Å². The van der Waals surface area contributed by atoms with Crippen LogP contribution in [0.15, 0.2) is 0 Å². The lowest BCUT2D eigenvalue weighted by molar-refractivity contribution is -0.154. The third-order valence-electron chi connectivity index (χ3n) is 2.05. The average Bonchev–Trinajstić information content (AvgIpc) is 2.15. The summed E-state index contributed by atoms with van der Waals surface area (Å²) in [6.07, 6.45) is 5.32. The molecule has 0 aromatic heterocycles. The summed E-state index contributed by atoms with van der Waals surface area (Å²) in [5.74, 6) is -0.248. The SMILES string of the molecule is CCCCC(CCC)OC(=O)COC. The topological polar surface area (TPSA) is 35.5 Å². The van der Waals surface area contributed by atoms with Gasteiger partial charge in [0.25, 0.3) is 0 Å². The van der Waals surface area contributed by atoms with E-state index in [-0.39, 0.29) is 18.7 Å². The highest BCUT2D eigenvalue weighted by molar-refractivity contribution is 5.70. The Morgan fingerprint density at radius 1 is 1.21 bits per heavy atom. The van der Waals surface area contributed by atoms with Gasteiger partial charge in [-0.3, -0.25) is 0 Å². The Labute approximate surface area is 86.8 Å². The average molecular weight is 202 g/mol.